The third-order valence-electron chi connectivity index (χ3n) is 12.6. The van der Waals surface area contributed by atoms with E-state index in [0.717, 1.165) is 4.57 Å². The fraction of sp³-hybridized carbons (Fsp3) is 0.538. The predicted molar refractivity (Wildman–Crippen MR) is 280 cm³/mol. The Morgan fingerprint density at radius 3 is 1.72 bits per heavy atom. The molecule has 0 unspecified atom stereocenters. The van der Waals surface area contributed by atoms with Gasteiger partial charge < -0.3 is 90.6 Å². The van der Waals surface area contributed by atoms with Crippen molar-refractivity contribution in [2.75, 3.05) is 23.8 Å². The molecular formula is C39H57N15O27P4. The number of anilines is 3. The van der Waals surface area contributed by atoms with E-state index in [1.54, 1.807) is 11.5 Å². The van der Waals surface area contributed by atoms with Gasteiger partial charge in [0.2, 0.25) is 5.95 Å². The Morgan fingerprint density at radius 2 is 1.15 bits per heavy atom. The van der Waals surface area contributed by atoms with Gasteiger partial charge in [0.1, 0.15) is 66.7 Å². The van der Waals surface area contributed by atoms with Crippen molar-refractivity contribution in [3.8, 4) is 0 Å². The van der Waals surface area contributed by atoms with Crippen LogP contribution in [0.1, 0.15) is 64.1 Å². The number of nitrogens with two attached hydrogens (primary N) is 3. The number of ether oxygens (including phenoxy) is 4. The van der Waals surface area contributed by atoms with Gasteiger partial charge in [0.25, 0.3) is 11.1 Å². The van der Waals surface area contributed by atoms with Crippen molar-refractivity contribution in [2.45, 2.75) is 126 Å². The molecule has 470 valence electrons. The summed E-state index contributed by atoms with van der Waals surface area (Å²) in [6, 6.07) is 1.33. The predicted octanol–water partition coefficient (Wildman–Crippen LogP) is -4.16. The number of aromatic amines is 2. The van der Waals surface area contributed by atoms with Crippen LogP contribution in [0.2, 0.25) is 0 Å². The molecule has 10 heterocycles. The summed E-state index contributed by atoms with van der Waals surface area (Å²) in [6.07, 6.45) is -7.19. The number of hydrogen-bond donors (Lipinski definition) is 16. The largest absolute Gasteiger partial charge is 0.470 e. The number of H-pyrrole nitrogens is 2. The molecule has 42 nitrogen and oxygen atoms in total. The Bertz CT molecular complexity index is 3800. The van der Waals surface area contributed by atoms with Gasteiger partial charge in [-0.15, -0.1) is 0 Å². The minimum absolute atomic E-state index is 0.00908. The van der Waals surface area contributed by atoms with E-state index in [4.69, 9.17) is 75.3 Å². The second-order valence-electron chi connectivity index (χ2n) is 18.8. The van der Waals surface area contributed by atoms with Crippen LogP contribution < -0.4 is 39.7 Å². The van der Waals surface area contributed by atoms with Gasteiger partial charge >= 0.3 is 42.7 Å². The van der Waals surface area contributed by atoms with E-state index < -0.39 is 146 Å². The quantitative estimate of drug-likeness (QED) is 0.0488. The van der Waals surface area contributed by atoms with Crippen molar-refractivity contribution in [1.29, 1.82) is 0 Å². The number of aliphatic hydroxyl groups is 3. The second kappa shape index (κ2) is 26.2. The molecule has 6 aromatic heterocycles. The van der Waals surface area contributed by atoms with Crippen LogP contribution in [0.15, 0.2) is 56.6 Å². The first-order valence-electron chi connectivity index (χ1n) is 24.3. The topological polar surface area (TPSA) is 640 Å². The maximum absolute atomic E-state index is 11.7. The van der Waals surface area contributed by atoms with E-state index in [1.807, 2.05) is 0 Å². The standard InChI is InChI=1S/C10H14N5O7P.C10H14N5O6P.C10H15N2O7P.C9H14N3O7P/c1-3-6(22-23(18,19)20)5(16)9(21-3)15-2-12-4-7(15)13-10(11)14-8(4)17;11-9-8-10(13-3-12-9)15(4-14-8)7-1-5(6(2-16)20-7)21-22(17,18)19;1-5-4-12(10(14)11-9(5)13)8-3-7(6(2)18-8)19-20(15,16)17;1-4-7(19-20(15,16)17)6(13)8(18-4)12-3-2-5(10)11-9(12)14/h2-3,5-6,9,16H,1H3,(H2,18,19,20)(H3,11,13,14,17);3-7,16H,1-2H2,(H2,11,12,13)(H2,17,18,19);4,6-8H,3H2,1-2H3,(H,11,13,14)(H2,15,16,17);2-4,6-8,13H,1H3,(H2,10,11,14)(H2,15,16,17)/t3-,5-,6-,9-;5-,6+,7+;6-,7+,8-;4-,6-,7-,8-/m1011/s1. The molecule has 10 rings (SSSR count). The molecular weight excluding hydrogens is 1230 g/mol. The Kier molecular flexibility index (Phi) is 20.5. The number of hydrogen-bond acceptors (Lipinski definition) is 28. The zero-order valence-electron chi connectivity index (χ0n) is 44.1. The number of aliphatic hydroxyl groups excluding tert-OH is 3. The molecule has 0 amide bonds. The van der Waals surface area contributed by atoms with Crippen LogP contribution >= 0.6 is 31.3 Å². The highest BCUT2D eigenvalue weighted by molar-refractivity contribution is 7.47. The van der Waals surface area contributed by atoms with Crippen LogP contribution in [0.4, 0.5) is 17.6 Å². The van der Waals surface area contributed by atoms with Gasteiger partial charge in [-0.3, -0.25) is 55.9 Å². The lowest BCUT2D eigenvalue weighted by molar-refractivity contribution is -0.0425. The van der Waals surface area contributed by atoms with Crippen LogP contribution in [0, 0.1) is 6.92 Å². The lowest BCUT2D eigenvalue weighted by atomic mass is 10.1. The zero-order chi connectivity index (χ0) is 63.0. The molecule has 4 aliphatic heterocycles. The Labute approximate surface area is 473 Å². The van der Waals surface area contributed by atoms with Crippen LogP contribution in [-0.2, 0) is 55.3 Å². The average molecular weight is 1290 g/mol. The lowest BCUT2D eigenvalue weighted by Crippen LogP contribution is -2.36. The van der Waals surface area contributed by atoms with Gasteiger partial charge in [0.05, 0.1) is 43.7 Å². The molecule has 14 atom stereocenters. The molecule has 46 heteroatoms. The highest BCUT2D eigenvalue weighted by atomic mass is 31.2. The maximum Gasteiger partial charge on any atom is 0.470 e. The summed E-state index contributed by atoms with van der Waals surface area (Å²) in [7, 11) is -18.9. The molecule has 0 radical (unpaired) electrons. The molecule has 0 aliphatic carbocycles. The number of aryl methyl sites for hydroxylation is 1. The highest BCUT2D eigenvalue weighted by Gasteiger charge is 2.48. The molecule has 4 saturated heterocycles. The number of phosphoric acid groups is 4. The van der Waals surface area contributed by atoms with Crippen molar-refractivity contribution < 1.29 is 110 Å². The fourth-order valence-electron chi connectivity index (χ4n) is 8.93. The van der Waals surface area contributed by atoms with Gasteiger partial charge in [-0.05, 0) is 33.8 Å². The Morgan fingerprint density at radius 1 is 0.624 bits per heavy atom. The van der Waals surface area contributed by atoms with Gasteiger partial charge in [0, 0.05) is 30.8 Å². The maximum atomic E-state index is 11.7. The van der Waals surface area contributed by atoms with E-state index in [1.165, 1.54) is 67.3 Å². The lowest BCUT2D eigenvalue weighted by Gasteiger charge is -2.19. The van der Waals surface area contributed by atoms with Crippen LogP contribution in [-0.4, -0.2) is 180 Å². The number of nitrogen functional groups attached to an aromatic ring is 3. The summed E-state index contributed by atoms with van der Waals surface area (Å²) in [5, 5.41) is 29.6. The van der Waals surface area contributed by atoms with Crippen LogP contribution in [0.25, 0.3) is 22.3 Å². The smallest absolute Gasteiger partial charge is 0.394 e. The number of imidazole rings is 2. The van der Waals surface area contributed by atoms with E-state index in [-0.39, 0.29) is 41.6 Å². The summed E-state index contributed by atoms with van der Waals surface area (Å²) in [5.41, 5.74) is 15.3. The SMILES string of the molecule is C[C@H]1O[C@@H](n2ccc(N)nc2=O)[C@H](O)[C@@H]1OP(=O)(O)O.C[C@H]1O[C@@H](n2cnc3c(=O)[nH]c(N)nc32)[C@H](O)[C@@H]1OP(=O)(O)O.Cc1cn([C@H]2C[C@H](OP(=O)(O)O)[C@@H](C)O2)c(=O)[nH]c1=O.Nc1ncnc2c1ncn2[C@H]1C[C@H](OP(=O)(O)O)[C@@H](CO)O1. The summed E-state index contributed by atoms with van der Waals surface area (Å²) in [6.45, 7) is 5.63. The number of nitrogens with one attached hydrogen (secondary N) is 2. The van der Waals surface area contributed by atoms with Gasteiger partial charge in [0.15, 0.2) is 35.1 Å². The molecule has 4 aliphatic rings. The highest BCUT2D eigenvalue weighted by Crippen LogP contribution is 2.47. The van der Waals surface area contributed by atoms with Crippen molar-refractivity contribution in [1.82, 2.24) is 58.1 Å². The summed E-state index contributed by atoms with van der Waals surface area (Å²) < 4.78 is 88.7. The Hall–Kier alpha value is -5.98. The number of aromatic nitrogens is 12. The third kappa shape index (κ3) is 16.6. The average Bonchev–Trinajstić information content (AvgIpc) is 3.24. The minimum atomic E-state index is -4.81. The first kappa shape index (κ1) is 66.5. The molecule has 0 saturated carbocycles. The molecule has 4 fully saturated rings. The molecule has 19 N–H and O–H groups in total. The monoisotopic (exact) mass is 1290 g/mol. The Balaban J connectivity index is 0.000000163. The van der Waals surface area contributed by atoms with Gasteiger partial charge in [-0.1, -0.05) is 0 Å². The molecule has 0 spiro atoms. The minimum Gasteiger partial charge on any atom is -0.394 e. The molecule has 0 aromatic carbocycles. The second-order valence-corrected chi connectivity index (χ2v) is 23.6. The molecule has 0 bridgehead atoms. The zero-order valence-corrected chi connectivity index (χ0v) is 47.7. The van der Waals surface area contributed by atoms with Crippen molar-refractivity contribution in [3.63, 3.8) is 0 Å². The van der Waals surface area contributed by atoms with Crippen LogP contribution in [0.3, 0.4) is 0 Å². The van der Waals surface area contributed by atoms with E-state index in [9.17, 15) is 52.8 Å². The normalized spacial score (nSPS) is 27.9. The number of nitrogens with zero attached hydrogens (tertiary/aromatic N) is 10. The molecule has 85 heavy (non-hydrogen) atoms. The third-order valence-corrected chi connectivity index (χ3v) is 14.8. The van der Waals surface area contributed by atoms with E-state index in [0.29, 0.717) is 16.7 Å². The number of rotatable bonds is 13. The number of fused-ring (bicyclic) bond motifs is 2. The van der Waals surface area contributed by atoms with Gasteiger partial charge in [-0.2, -0.15) is 9.97 Å². The summed E-state index contributed by atoms with van der Waals surface area (Å²) in [4.78, 5) is 145. The summed E-state index contributed by atoms with van der Waals surface area (Å²) >= 11 is 0. The van der Waals surface area contributed by atoms with Crippen molar-refractivity contribution in [2.24, 2.45) is 0 Å². The first-order valence-corrected chi connectivity index (χ1v) is 30.4. The number of phosphoric ester groups is 4. The van der Waals surface area contributed by atoms with Crippen molar-refractivity contribution in [3.05, 3.63) is 84.7 Å². The fourth-order valence-corrected chi connectivity index (χ4v) is 11.3. The van der Waals surface area contributed by atoms with Crippen LogP contribution in [0.5, 0.6) is 0 Å². The summed E-state index contributed by atoms with van der Waals surface area (Å²) in [5.74, 6) is 0.0751. The molecule has 6 aromatic rings. The van der Waals surface area contributed by atoms with Gasteiger partial charge in [-0.25, -0.2) is 47.8 Å². The first-order chi connectivity index (χ1) is 39.4. The van der Waals surface area contributed by atoms with Crippen molar-refractivity contribution >= 4 is 71.2 Å². The van der Waals surface area contributed by atoms with E-state index in [2.05, 4.69) is 58.0 Å². The van der Waals surface area contributed by atoms with E-state index >= 15 is 0 Å².